The third-order valence-corrected chi connectivity index (χ3v) is 3.23. The van der Waals surface area contributed by atoms with Crippen LogP contribution in [-0.4, -0.2) is 21.4 Å². The molecule has 0 fully saturated rings. The van der Waals surface area contributed by atoms with Crippen molar-refractivity contribution in [1.29, 1.82) is 0 Å². The van der Waals surface area contributed by atoms with Crippen LogP contribution in [0.3, 0.4) is 0 Å². The van der Waals surface area contributed by atoms with E-state index in [1.165, 1.54) is 0 Å². The largest absolute Gasteiger partial charge is 0.507 e. The molecule has 4 heteroatoms. The predicted octanol–water partition coefficient (Wildman–Crippen LogP) is 3.19. The van der Waals surface area contributed by atoms with E-state index >= 15 is 0 Å². The van der Waals surface area contributed by atoms with Gasteiger partial charge in [-0.05, 0) is 35.4 Å². The van der Waals surface area contributed by atoms with Crippen molar-refractivity contribution < 1.29 is 15.0 Å². The van der Waals surface area contributed by atoms with Gasteiger partial charge in [-0.25, -0.2) is 0 Å². The van der Waals surface area contributed by atoms with Gasteiger partial charge in [0.15, 0.2) is 0 Å². The Morgan fingerprint density at radius 2 is 1.94 bits per heavy atom. The van der Waals surface area contributed by atoms with Crippen LogP contribution in [0.5, 0.6) is 5.75 Å². The highest BCUT2D eigenvalue weighted by Crippen LogP contribution is 2.34. The van der Waals surface area contributed by atoms with Crippen LogP contribution in [0.1, 0.15) is 37.5 Å². The molecule has 1 aromatic rings. The highest BCUT2D eigenvalue weighted by molar-refractivity contribution is 7.81. The molecule has 1 atom stereocenters. The van der Waals surface area contributed by atoms with Crippen molar-refractivity contribution in [1.82, 2.24) is 0 Å². The second kappa shape index (κ2) is 5.22. The minimum atomic E-state index is -0.979. The molecule has 0 amide bonds. The second-order valence-corrected chi connectivity index (χ2v) is 6.16. The number of carboxylic acids is 1. The quantitative estimate of drug-likeness (QED) is 0.884. The Morgan fingerprint density at radius 1 is 1.39 bits per heavy atom. The van der Waals surface area contributed by atoms with Crippen LogP contribution in [0.15, 0.2) is 12.1 Å². The molecule has 0 aliphatic rings. The van der Waals surface area contributed by atoms with E-state index in [1.807, 2.05) is 33.8 Å². The lowest BCUT2D eigenvalue weighted by Gasteiger charge is -2.23. The molecule has 1 aromatic carbocycles. The molecule has 0 heterocycles. The second-order valence-electron chi connectivity index (χ2n) is 5.59. The molecule has 1 radical (unpaired) electrons. The van der Waals surface area contributed by atoms with E-state index in [4.69, 9.17) is 17.7 Å². The fourth-order valence-corrected chi connectivity index (χ4v) is 2.04. The van der Waals surface area contributed by atoms with Gasteiger partial charge in [0.05, 0.1) is 0 Å². The zero-order chi connectivity index (χ0) is 14.1. The summed E-state index contributed by atoms with van der Waals surface area (Å²) in [5.41, 5.74) is 2.25. The van der Waals surface area contributed by atoms with E-state index in [-0.39, 0.29) is 11.2 Å². The van der Waals surface area contributed by atoms with Crippen LogP contribution in [0.25, 0.3) is 0 Å². The van der Waals surface area contributed by atoms with E-state index < -0.39 is 11.2 Å². The SMILES string of the molecule is Cc1cc(CC([S])C(=O)O)cc(C(C)(C)C)c1O. The molecule has 18 heavy (non-hydrogen) atoms. The number of carboxylic acid groups (broad SMARTS) is 1. The van der Waals surface area contributed by atoms with Crippen molar-refractivity contribution in [2.24, 2.45) is 0 Å². The fraction of sp³-hybridized carbons (Fsp3) is 0.500. The number of aliphatic carboxylic acids is 1. The highest BCUT2D eigenvalue weighted by Gasteiger charge is 2.21. The molecule has 1 rings (SSSR count). The lowest BCUT2D eigenvalue weighted by Crippen LogP contribution is -2.17. The van der Waals surface area contributed by atoms with Crippen LogP contribution in [0, 0.1) is 6.92 Å². The summed E-state index contributed by atoms with van der Waals surface area (Å²) < 4.78 is 0. The Kier molecular flexibility index (Phi) is 4.32. The number of aryl methyl sites for hydroxylation is 1. The molecule has 0 aliphatic heterocycles. The van der Waals surface area contributed by atoms with Crippen LogP contribution in [0.2, 0.25) is 0 Å². The number of phenolic OH excluding ortho intramolecular Hbond substituents is 1. The van der Waals surface area contributed by atoms with Crippen molar-refractivity contribution in [3.8, 4) is 5.75 Å². The number of carbonyl (C=O) groups is 1. The minimum Gasteiger partial charge on any atom is -0.507 e. The predicted molar refractivity (Wildman–Crippen MR) is 74.3 cm³/mol. The van der Waals surface area contributed by atoms with Gasteiger partial charge in [-0.2, -0.15) is 0 Å². The number of hydrogen-bond donors (Lipinski definition) is 2. The third-order valence-electron chi connectivity index (χ3n) is 2.86. The lowest BCUT2D eigenvalue weighted by atomic mass is 9.83. The zero-order valence-corrected chi connectivity index (χ0v) is 12.0. The third kappa shape index (κ3) is 3.42. The summed E-state index contributed by atoms with van der Waals surface area (Å²) in [6.07, 6.45) is 0.300. The first-order chi connectivity index (χ1) is 8.12. The van der Waals surface area contributed by atoms with Crippen LogP contribution >= 0.6 is 12.6 Å². The van der Waals surface area contributed by atoms with Gasteiger partial charge in [0.2, 0.25) is 0 Å². The number of aromatic hydroxyl groups is 1. The standard InChI is InChI=1S/C14H19O3S/c1-8-5-9(7-11(18)13(16)17)6-10(12(8)15)14(2,3)4/h5-6,11,15H,7H2,1-4H3,(H,16,17). The first-order valence-electron chi connectivity index (χ1n) is 5.84. The maximum Gasteiger partial charge on any atom is 0.317 e. The molecule has 0 saturated heterocycles. The summed E-state index contributed by atoms with van der Waals surface area (Å²) in [4.78, 5) is 10.8. The fourth-order valence-electron chi connectivity index (χ4n) is 1.85. The summed E-state index contributed by atoms with van der Waals surface area (Å²) >= 11 is 4.89. The van der Waals surface area contributed by atoms with Gasteiger partial charge >= 0.3 is 5.97 Å². The van der Waals surface area contributed by atoms with Crippen LogP contribution < -0.4 is 0 Å². The van der Waals surface area contributed by atoms with Gasteiger partial charge in [-0.15, -0.1) is 0 Å². The Bertz CT molecular complexity index is 461. The van der Waals surface area contributed by atoms with Gasteiger partial charge < -0.3 is 10.2 Å². The molecular weight excluding hydrogens is 248 g/mol. The summed E-state index contributed by atoms with van der Waals surface area (Å²) in [6, 6.07) is 3.65. The van der Waals surface area contributed by atoms with Crippen LogP contribution in [-0.2, 0) is 16.6 Å². The van der Waals surface area contributed by atoms with Gasteiger partial charge in [0, 0.05) is 0 Å². The molecule has 0 aliphatic carbocycles. The molecule has 0 aromatic heterocycles. The Hall–Kier alpha value is -1.16. The Morgan fingerprint density at radius 3 is 2.39 bits per heavy atom. The highest BCUT2D eigenvalue weighted by atomic mass is 32.1. The van der Waals surface area contributed by atoms with E-state index in [0.717, 1.165) is 16.7 Å². The topological polar surface area (TPSA) is 57.5 Å². The summed E-state index contributed by atoms with van der Waals surface area (Å²) in [6.45, 7) is 7.84. The maximum atomic E-state index is 10.8. The van der Waals surface area contributed by atoms with E-state index in [9.17, 15) is 9.90 Å². The van der Waals surface area contributed by atoms with Gasteiger partial charge in [0.1, 0.15) is 11.0 Å². The zero-order valence-electron chi connectivity index (χ0n) is 11.2. The van der Waals surface area contributed by atoms with E-state index in [0.29, 0.717) is 6.42 Å². The maximum absolute atomic E-state index is 10.8. The normalized spacial score (nSPS) is 13.4. The van der Waals surface area contributed by atoms with Gasteiger partial charge in [0.25, 0.3) is 0 Å². The monoisotopic (exact) mass is 267 g/mol. The van der Waals surface area contributed by atoms with Crippen molar-refractivity contribution in [2.45, 2.75) is 44.8 Å². The lowest BCUT2D eigenvalue weighted by molar-refractivity contribution is -0.136. The number of phenols is 1. The van der Waals surface area contributed by atoms with Crippen LogP contribution in [0.4, 0.5) is 0 Å². The van der Waals surface area contributed by atoms with E-state index in [2.05, 4.69) is 0 Å². The van der Waals surface area contributed by atoms with Crippen molar-refractivity contribution in [3.05, 3.63) is 28.8 Å². The molecule has 99 valence electrons. The molecule has 2 N–H and O–H groups in total. The summed E-state index contributed by atoms with van der Waals surface area (Å²) in [5, 5.41) is 18.1. The van der Waals surface area contributed by atoms with Crippen molar-refractivity contribution in [3.63, 3.8) is 0 Å². The van der Waals surface area contributed by atoms with Crippen molar-refractivity contribution in [2.75, 3.05) is 0 Å². The summed E-state index contributed by atoms with van der Waals surface area (Å²) in [5.74, 6) is -0.699. The number of rotatable bonds is 3. The first-order valence-corrected chi connectivity index (χ1v) is 6.31. The smallest absolute Gasteiger partial charge is 0.317 e. The number of benzene rings is 1. The van der Waals surface area contributed by atoms with Gasteiger partial charge in [-0.3, -0.25) is 4.79 Å². The molecule has 1 unspecified atom stereocenters. The number of hydrogen-bond acceptors (Lipinski definition) is 2. The van der Waals surface area contributed by atoms with Crippen molar-refractivity contribution >= 4 is 18.6 Å². The molecule has 0 saturated carbocycles. The average molecular weight is 267 g/mol. The Balaban J connectivity index is 3.17. The minimum absolute atomic E-state index is 0.189. The first kappa shape index (κ1) is 14.9. The molecular formula is C14H19O3S. The van der Waals surface area contributed by atoms with Gasteiger partial charge in [-0.1, -0.05) is 45.5 Å². The molecule has 0 bridgehead atoms. The molecule has 0 spiro atoms. The Labute approximate surface area is 113 Å². The summed E-state index contributed by atoms with van der Waals surface area (Å²) in [7, 11) is 0. The molecule has 3 nitrogen and oxygen atoms in total. The average Bonchev–Trinajstić information content (AvgIpc) is 2.21. The van der Waals surface area contributed by atoms with E-state index in [1.54, 1.807) is 6.07 Å².